The molecule has 1 aromatic rings. The van der Waals surface area contributed by atoms with Crippen molar-refractivity contribution in [3.05, 3.63) is 17.8 Å². The highest BCUT2D eigenvalue weighted by Crippen LogP contribution is 2.24. The molecule has 7 heteroatoms. The van der Waals surface area contributed by atoms with E-state index in [2.05, 4.69) is 20.8 Å². The molecule has 0 aliphatic carbocycles. The van der Waals surface area contributed by atoms with Crippen molar-refractivity contribution in [1.29, 1.82) is 0 Å². The fourth-order valence-corrected chi connectivity index (χ4v) is 1.59. The number of carboxylic acid groups (broad SMARTS) is 1. The summed E-state index contributed by atoms with van der Waals surface area (Å²) in [5, 5.41) is 22.1. The quantitative estimate of drug-likeness (QED) is 0.747. The second-order valence-corrected chi connectivity index (χ2v) is 5.54. The molecule has 110 valence electrons. The minimum atomic E-state index is -0.882. The van der Waals surface area contributed by atoms with Crippen LogP contribution in [0.15, 0.2) is 12.1 Å². The summed E-state index contributed by atoms with van der Waals surface area (Å²) in [4.78, 5) is 22.2. The summed E-state index contributed by atoms with van der Waals surface area (Å²) in [6.07, 6.45) is -0.0254. The van der Waals surface area contributed by atoms with Crippen molar-refractivity contribution < 1.29 is 14.7 Å². The number of nitrogens with one attached hydrogen (secondary N) is 2. The highest BCUT2D eigenvalue weighted by molar-refractivity contribution is 5.91. The van der Waals surface area contributed by atoms with Gasteiger partial charge in [0, 0.05) is 13.1 Å². The summed E-state index contributed by atoms with van der Waals surface area (Å²) >= 11 is 0. The first-order chi connectivity index (χ1) is 9.24. The Bertz CT molecular complexity index is 479. The van der Waals surface area contributed by atoms with E-state index in [0.29, 0.717) is 5.82 Å². The molecule has 1 heterocycles. The lowest BCUT2D eigenvalue weighted by Gasteiger charge is -2.30. The van der Waals surface area contributed by atoms with Crippen LogP contribution in [-0.2, 0) is 4.79 Å². The first-order valence-electron chi connectivity index (χ1n) is 6.28. The van der Waals surface area contributed by atoms with E-state index in [4.69, 9.17) is 5.11 Å². The molecular formula is C13H20N4O3. The molecule has 1 rings (SSSR count). The summed E-state index contributed by atoms with van der Waals surface area (Å²) in [7, 11) is 1.51. The Hall–Kier alpha value is -2.18. The molecule has 1 atom stereocenters. The Balaban J connectivity index is 2.84. The van der Waals surface area contributed by atoms with Crippen LogP contribution in [0.1, 0.15) is 37.7 Å². The van der Waals surface area contributed by atoms with Gasteiger partial charge < -0.3 is 15.7 Å². The smallest absolute Gasteiger partial charge is 0.305 e. The second-order valence-electron chi connectivity index (χ2n) is 5.54. The molecule has 1 amide bonds. The number of rotatable bonds is 5. The largest absolute Gasteiger partial charge is 0.481 e. The van der Waals surface area contributed by atoms with Crippen molar-refractivity contribution in [2.75, 3.05) is 12.4 Å². The molecule has 0 bridgehead atoms. The first-order valence-corrected chi connectivity index (χ1v) is 6.28. The van der Waals surface area contributed by atoms with Crippen LogP contribution in [0, 0.1) is 5.41 Å². The van der Waals surface area contributed by atoms with E-state index in [1.54, 1.807) is 6.07 Å². The zero-order chi connectivity index (χ0) is 15.3. The maximum Gasteiger partial charge on any atom is 0.305 e. The van der Waals surface area contributed by atoms with Gasteiger partial charge >= 0.3 is 5.97 Å². The molecule has 0 aromatic carbocycles. The summed E-state index contributed by atoms with van der Waals surface area (Å²) in [6, 6.07) is 2.85. The number of carbonyl (C=O) groups excluding carboxylic acids is 1. The van der Waals surface area contributed by atoms with E-state index in [-0.39, 0.29) is 29.5 Å². The number of hydrogen-bond donors (Lipinski definition) is 3. The molecular weight excluding hydrogens is 260 g/mol. The molecule has 1 unspecified atom stereocenters. The van der Waals surface area contributed by atoms with Gasteiger partial charge in [-0.05, 0) is 17.5 Å². The van der Waals surface area contributed by atoms with E-state index in [1.165, 1.54) is 13.1 Å². The van der Waals surface area contributed by atoms with E-state index in [9.17, 15) is 9.59 Å². The molecule has 0 aliphatic heterocycles. The van der Waals surface area contributed by atoms with Crippen molar-refractivity contribution in [3.63, 3.8) is 0 Å². The van der Waals surface area contributed by atoms with Gasteiger partial charge in [0.25, 0.3) is 5.91 Å². The molecule has 0 aliphatic rings. The van der Waals surface area contributed by atoms with Crippen LogP contribution >= 0.6 is 0 Å². The number of carbonyl (C=O) groups is 2. The van der Waals surface area contributed by atoms with Gasteiger partial charge in [0.2, 0.25) is 0 Å². The maximum absolute atomic E-state index is 11.3. The van der Waals surface area contributed by atoms with Gasteiger partial charge in [0.15, 0.2) is 5.69 Å². The van der Waals surface area contributed by atoms with Gasteiger partial charge in [0.1, 0.15) is 5.82 Å². The topological polar surface area (TPSA) is 104 Å². The van der Waals surface area contributed by atoms with Crippen LogP contribution < -0.4 is 10.6 Å². The zero-order valence-corrected chi connectivity index (χ0v) is 12.1. The summed E-state index contributed by atoms with van der Waals surface area (Å²) in [5.41, 5.74) is -0.0388. The normalized spacial score (nSPS) is 12.6. The number of carboxylic acids is 1. The maximum atomic E-state index is 11.3. The number of amides is 1. The van der Waals surface area contributed by atoms with Crippen LogP contribution in [0.4, 0.5) is 5.82 Å². The SMILES string of the molecule is CNC(=O)c1ccc(NC(CC(=O)O)C(C)(C)C)nn1. The number of aromatic nitrogens is 2. The van der Waals surface area contributed by atoms with Gasteiger partial charge in [-0.2, -0.15) is 0 Å². The molecule has 3 N–H and O–H groups in total. The Morgan fingerprint density at radius 2 is 1.95 bits per heavy atom. The van der Waals surface area contributed by atoms with Gasteiger partial charge in [-0.25, -0.2) is 0 Å². The number of aliphatic carboxylic acids is 1. The lowest BCUT2D eigenvalue weighted by Crippen LogP contribution is -2.36. The average molecular weight is 280 g/mol. The van der Waals surface area contributed by atoms with Crippen molar-refractivity contribution in [3.8, 4) is 0 Å². The molecule has 0 fully saturated rings. The van der Waals surface area contributed by atoms with Crippen LogP contribution in [0.5, 0.6) is 0 Å². The lowest BCUT2D eigenvalue weighted by atomic mass is 9.85. The van der Waals surface area contributed by atoms with E-state index >= 15 is 0 Å². The van der Waals surface area contributed by atoms with Crippen LogP contribution in [0.2, 0.25) is 0 Å². The zero-order valence-electron chi connectivity index (χ0n) is 12.1. The van der Waals surface area contributed by atoms with Gasteiger partial charge in [-0.3, -0.25) is 9.59 Å². The van der Waals surface area contributed by atoms with Gasteiger partial charge in [-0.15, -0.1) is 10.2 Å². The molecule has 0 saturated heterocycles. The Morgan fingerprint density at radius 3 is 2.35 bits per heavy atom. The molecule has 7 nitrogen and oxygen atoms in total. The van der Waals surface area contributed by atoms with Crippen molar-refractivity contribution in [2.24, 2.45) is 5.41 Å². The van der Waals surface area contributed by atoms with E-state index in [1.807, 2.05) is 20.8 Å². The predicted octanol–water partition coefficient (Wildman–Crippen LogP) is 1.14. The Morgan fingerprint density at radius 1 is 1.30 bits per heavy atom. The second kappa shape index (κ2) is 6.31. The molecule has 1 aromatic heterocycles. The average Bonchev–Trinajstić information content (AvgIpc) is 2.36. The van der Waals surface area contributed by atoms with Crippen LogP contribution in [-0.4, -0.2) is 40.3 Å². The van der Waals surface area contributed by atoms with Crippen molar-refractivity contribution >= 4 is 17.7 Å². The minimum Gasteiger partial charge on any atom is -0.481 e. The Kier molecular flexibility index (Phi) is 5.01. The molecule has 0 spiro atoms. The van der Waals surface area contributed by atoms with E-state index < -0.39 is 5.97 Å². The summed E-state index contributed by atoms with van der Waals surface area (Å²) < 4.78 is 0. The Labute approximate surface area is 117 Å². The fourth-order valence-electron chi connectivity index (χ4n) is 1.59. The summed E-state index contributed by atoms with van der Waals surface area (Å²) in [6.45, 7) is 5.83. The fraction of sp³-hybridized carbons (Fsp3) is 0.538. The number of nitrogens with zero attached hydrogens (tertiary/aromatic N) is 2. The minimum absolute atomic E-state index is 0.0254. The van der Waals surface area contributed by atoms with Crippen molar-refractivity contribution in [1.82, 2.24) is 15.5 Å². The highest BCUT2D eigenvalue weighted by Gasteiger charge is 2.27. The summed E-state index contributed by atoms with van der Waals surface area (Å²) in [5.74, 6) is -0.756. The first kappa shape index (κ1) is 15.9. The third-order valence-electron chi connectivity index (χ3n) is 2.87. The standard InChI is InChI=1S/C13H20N4O3/c1-13(2,3)9(7-11(18)19)15-10-6-5-8(16-17-10)12(20)14-4/h5-6,9H,7H2,1-4H3,(H,14,20)(H,15,17)(H,18,19). The predicted molar refractivity (Wildman–Crippen MR) is 74.5 cm³/mol. The molecule has 20 heavy (non-hydrogen) atoms. The van der Waals surface area contributed by atoms with Gasteiger partial charge in [-0.1, -0.05) is 20.8 Å². The third-order valence-corrected chi connectivity index (χ3v) is 2.87. The molecule has 0 radical (unpaired) electrons. The third kappa shape index (κ3) is 4.49. The van der Waals surface area contributed by atoms with Crippen LogP contribution in [0.25, 0.3) is 0 Å². The molecule has 0 saturated carbocycles. The highest BCUT2D eigenvalue weighted by atomic mass is 16.4. The van der Waals surface area contributed by atoms with Crippen molar-refractivity contribution in [2.45, 2.75) is 33.2 Å². The monoisotopic (exact) mass is 280 g/mol. The van der Waals surface area contributed by atoms with Crippen LogP contribution in [0.3, 0.4) is 0 Å². The van der Waals surface area contributed by atoms with Gasteiger partial charge in [0.05, 0.1) is 6.42 Å². The lowest BCUT2D eigenvalue weighted by molar-refractivity contribution is -0.137. The van der Waals surface area contributed by atoms with E-state index in [0.717, 1.165) is 0 Å². The number of hydrogen-bond acceptors (Lipinski definition) is 5. The number of anilines is 1.